The van der Waals surface area contributed by atoms with E-state index >= 15 is 0 Å². The van der Waals surface area contributed by atoms with Crippen LogP contribution in [-0.2, 0) is 6.54 Å². The molecule has 1 heterocycles. The highest BCUT2D eigenvalue weighted by atomic mass is 16.2. The van der Waals surface area contributed by atoms with E-state index in [2.05, 4.69) is 4.98 Å². The lowest BCUT2D eigenvalue weighted by atomic mass is 10.1. The van der Waals surface area contributed by atoms with Gasteiger partial charge in [-0.25, -0.2) is 0 Å². The van der Waals surface area contributed by atoms with Crippen LogP contribution in [0.3, 0.4) is 0 Å². The molecule has 0 spiro atoms. The van der Waals surface area contributed by atoms with E-state index in [0.717, 1.165) is 11.3 Å². The first-order valence-corrected chi connectivity index (χ1v) is 6.84. The Morgan fingerprint density at radius 1 is 1.24 bits per heavy atom. The minimum Gasteiger partial charge on any atom is -0.367 e. The number of hydrogen-bond donors (Lipinski definition) is 2. The molecule has 0 aliphatic heterocycles. The summed E-state index contributed by atoms with van der Waals surface area (Å²) in [7, 11) is 0. The molecular formula is C16H19N3O2. The Kier molecular flexibility index (Phi) is 4.55. The molecule has 0 atom stereocenters. The van der Waals surface area contributed by atoms with Gasteiger partial charge < -0.3 is 15.6 Å². The van der Waals surface area contributed by atoms with Crippen LogP contribution in [0.1, 0.15) is 29.8 Å². The number of H-pyrrole nitrogens is 1. The normalized spacial score (nSPS) is 10.7. The molecule has 1 amide bonds. The molecule has 3 N–H and O–H groups in total. The minimum absolute atomic E-state index is 0.0687. The highest BCUT2D eigenvalue weighted by molar-refractivity contribution is 6.06. The molecule has 1 aromatic heterocycles. The molecule has 5 heteroatoms. The van der Waals surface area contributed by atoms with Gasteiger partial charge in [0.25, 0.3) is 5.91 Å². The Labute approximate surface area is 123 Å². The maximum atomic E-state index is 12.6. The molecule has 0 aliphatic rings. The lowest BCUT2D eigenvalue weighted by molar-refractivity contribution is 0.0979. The molecule has 110 valence electrons. The van der Waals surface area contributed by atoms with Crippen LogP contribution in [0.2, 0.25) is 0 Å². The number of nitrogens with two attached hydrogens (primary N) is 1. The predicted octanol–water partition coefficient (Wildman–Crippen LogP) is 1.89. The Hall–Kier alpha value is -2.40. The van der Waals surface area contributed by atoms with Crippen LogP contribution >= 0.6 is 0 Å². The summed E-state index contributed by atoms with van der Waals surface area (Å²) in [5.41, 5.74) is 7.16. The first-order valence-electron chi connectivity index (χ1n) is 6.84. The highest BCUT2D eigenvalue weighted by Gasteiger charge is 2.22. The van der Waals surface area contributed by atoms with Crippen molar-refractivity contribution in [2.24, 2.45) is 5.73 Å². The van der Waals surface area contributed by atoms with E-state index in [1.54, 1.807) is 4.90 Å². The molecule has 5 nitrogen and oxygen atoms in total. The molecule has 1 aromatic carbocycles. The predicted molar refractivity (Wildman–Crippen MR) is 83.3 cm³/mol. The Morgan fingerprint density at radius 3 is 2.43 bits per heavy atom. The molecule has 21 heavy (non-hydrogen) atoms. The molecule has 0 fully saturated rings. The zero-order chi connectivity index (χ0) is 15.4. The fourth-order valence-electron chi connectivity index (χ4n) is 2.16. The number of hydrogen-bond acceptors (Lipinski definition) is 3. The monoisotopic (exact) mass is 285 g/mol. The molecule has 0 saturated heterocycles. The van der Waals surface area contributed by atoms with Gasteiger partial charge in [-0.3, -0.25) is 9.59 Å². The molecule has 2 aromatic rings. The molecular weight excluding hydrogens is 266 g/mol. The number of rotatable bonds is 4. The second-order valence-electron chi connectivity index (χ2n) is 5.06. The van der Waals surface area contributed by atoms with Crippen LogP contribution in [0.4, 0.5) is 5.69 Å². The number of benzene rings is 1. The van der Waals surface area contributed by atoms with E-state index in [1.165, 1.54) is 18.5 Å². The number of anilines is 1. The van der Waals surface area contributed by atoms with Crippen LogP contribution in [0.15, 0.2) is 47.5 Å². The lowest BCUT2D eigenvalue weighted by Gasteiger charge is -2.26. The summed E-state index contributed by atoms with van der Waals surface area (Å²) in [5, 5.41) is 0. The largest absolute Gasteiger partial charge is 0.367 e. The molecule has 0 bridgehead atoms. The molecule has 0 unspecified atom stereocenters. The molecule has 0 saturated carbocycles. The van der Waals surface area contributed by atoms with Crippen molar-refractivity contribution in [2.75, 3.05) is 4.90 Å². The van der Waals surface area contributed by atoms with E-state index in [0.29, 0.717) is 6.54 Å². The van der Waals surface area contributed by atoms with E-state index in [-0.39, 0.29) is 22.9 Å². The smallest absolute Gasteiger partial charge is 0.263 e. The summed E-state index contributed by atoms with van der Waals surface area (Å²) in [5.74, 6) is -0.313. The third-order valence-electron chi connectivity index (χ3n) is 3.24. The van der Waals surface area contributed by atoms with Crippen molar-refractivity contribution < 1.29 is 4.79 Å². The van der Waals surface area contributed by atoms with Gasteiger partial charge in [-0.15, -0.1) is 0 Å². The second kappa shape index (κ2) is 6.37. The average Bonchev–Trinajstić information content (AvgIpc) is 2.48. The molecule has 2 rings (SSSR count). The number of carbonyl (C=O) groups excluding carboxylic acids is 1. The first kappa shape index (κ1) is 15.0. The summed E-state index contributed by atoms with van der Waals surface area (Å²) < 4.78 is 0. The number of pyridine rings is 1. The van der Waals surface area contributed by atoms with Crippen molar-refractivity contribution >= 4 is 11.6 Å². The summed E-state index contributed by atoms with van der Waals surface area (Å²) >= 11 is 0. The van der Waals surface area contributed by atoms with Crippen molar-refractivity contribution in [3.05, 3.63) is 64.1 Å². The van der Waals surface area contributed by atoms with E-state index < -0.39 is 0 Å². The molecule has 0 aliphatic carbocycles. The van der Waals surface area contributed by atoms with E-state index in [1.807, 2.05) is 38.1 Å². The van der Waals surface area contributed by atoms with Crippen LogP contribution in [0, 0.1) is 0 Å². The topological polar surface area (TPSA) is 79.2 Å². The zero-order valence-electron chi connectivity index (χ0n) is 12.2. The van der Waals surface area contributed by atoms with Gasteiger partial charge in [0.2, 0.25) is 0 Å². The average molecular weight is 285 g/mol. The maximum Gasteiger partial charge on any atom is 0.263 e. The van der Waals surface area contributed by atoms with Gasteiger partial charge in [-0.05, 0) is 31.5 Å². The van der Waals surface area contributed by atoms with Crippen molar-refractivity contribution in [3.63, 3.8) is 0 Å². The number of nitrogens with one attached hydrogen (secondary N) is 1. The van der Waals surface area contributed by atoms with Crippen LogP contribution < -0.4 is 16.1 Å². The standard InChI is InChI=1S/C16H19N3O2/c1-11(2)19(13-5-3-12(9-17)4-6-13)16(21)14-10-18-8-7-15(14)20/h3-8,10-11H,9,17H2,1-2H3,(H,18,20). The summed E-state index contributed by atoms with van der Waals surface area (Å²) in [6.07, 6.45) is 2.95. The van der Waals surface area contributed by atoms with Gasteiger partial charge in [0.15, 0.2) is 5.43 Å². The zero-order valence-corrected chi connectivity index (χ0v) is 12.2. The van der Waals surface area contributed by atoms with Crippen molar-refractivity contribution in [1.82, 2.24) is 4.98 Å². The van der Waals surface area contributed by atoms with E-state index in [9.17, 15) is 9.59 Å². The number of aromatic nitrogens is 1. The van der Waals surface area contributed by atoms with Crippen LogP contribution in [-0.4, -0.2) is 16.9 Å². The Morgan fingerprint density at radius 2 is 1.90 bits per heavy atom. The number of amides is 1. The van der Waals surface area contributed by atoms with Gasteiger partial charge in [-0.1, -0.05) is 12.1 Å². The third-order valence-corrected chi connectivity index (χ3v) is 3.24. The maximum absolute atomic E-state index is 12.6. The van der Waals surface area contributed by atoms with Crippen molar-refractivity contribution in [1.29, 1.82) is 0 Å². The van der Waals surface area contributed by atoms with Crippen molar-refractivity contribution in [3.8, 4) is 0 Å². The van der Waals surface area contributed by atoms with Crippen LogP contribution in [0.5, 0.6) is 0 Å². The van der Waals surface area contributed by atoms with Gasteiger partial charge in [0.1, 0.15) is 5.56 Å². The SMILES string of the molecule is CC(C)N(C(=O)c1c[nH]ccc1=O)c1ccc(CN)cc1. The van der Waals surface area contributed by atoms with E-state index in [4.69, 9.17) is 5.73 Å². The highest BCUT2D eigenvalue weighted by Crippen LogP contribution is 2.20. The fraction of sp³-hybridized carbons (Fsp3) is 0.250. The number of nitrogens with zero attached hydrogens (tertiary/aromatic N) is 1. The number of aromatic amines is 1. The van der Waals surface area contributed by atoms with Gasteiger partial charge >= 0.3 is 0 Å². The number of carbonyl (C=O) groups is 1. The van der Waals surface area contributed by atoms with Gasteiger partial charge in [0, 0.05) is 36.7 Å². The second-order valence-corrected chi connectivity index (χ2v) is 5.06. The van der Waals surface area contributed by atoms with Gasteiger partial charge in [0.05, 0.1) is 0 Å². The first-order chi connectivity index (χ1) is 10.0. The summed E-state index contributed by atoms with van der Waals surface area (Å²) in [6.45, 7) is 4.27. The quantitative estimate of drug-likeness (QED) is 0.900. The minimum atomic E-state index is -0.313. The lowest BCUT2D eigenvalue weighted by Crippen LogP contribution is -2.39. The van der Waals surface area contributed by atoms with Crippen LogP contribution in [0.25, 0.3) is 0 Å². The van der Waals surface area contributed by atoms with Gasteiger partial charge in [-0.2, -0.15) is 0 Å². The molecule has 0 radical (unpaired) electrons. The third kappa shape index (κ3) is 3.20. The van der Waals surface area contributed by atoms with Crippen molar-refractivity contribution in [2.45, 2.75) is 26.4 Å². The Balaban J connectivity index is 2.41. The summed E-state index contributed by atoms with van der Waals surface area (Å²) in [4.78, 5) is 28.9. The Bertz CT molecular complexity index is 674. The fourth-order valence-corrected chi connectivity index (χ4v) is 2.16. The summed E-state index contributed by atoms with van der Waals surface area (Å²) in [6, 6.07) is 8.74.